The number of nitrogens with zero attached hydrogens (tertiary/aromatic N) is 3. The molecule has 0 atom stereocenters. The van der Waals surface area contributed by atoms with Gasteiger partial charge in [0.25, 0.3) is 38.0 Å². The first kappa shape index (κ1) is 41.5. The van der Waals surface area contributed by atoms with E-state index < -0.39 is 37.5 Å². The van der Waals surface area contributed by atoms with E-state index in [-0.39, 0.29) is 42.3 Å². The second-order valence-electron chi connectivity index (χ2n) is 14.9. The number of unbranched alkanes of at least 4 members (excludes halogenated alkanes) is 2. The van der Waals surface area contributed by atoms with Crippen LogP contribution >= 0.6 is 0 Å². The maximum absolute atomic E-state index is 13.2. The molecule has 0 spiro atoms. The average Bonchev–Trinajstić information content (AvgIpc) is 3.62. The van der Waals surface area contributed by atoms with E-state index in [0.29, 0.717) is 37.9 Å². The highest BCUT2D eigenvalue weighted by atomic mass is 32.2. The summed E-state index contributed by atoms with van der Waals surface area (Å²) in [7, 11) is -8.13. The zero-order valence-corrected chi connectivity index (χ0v) is 33.2. The van der Waals surface area contributed by atoms with Crippen molar-refractivity contribution in [3.8, 4) is 0 Å². The second-order valence-corrected chi connectivity index (χ2v) is 18.0. The summed E-state index contributed by atoms with van der Waals surface area (Å²) >= 11 is 0. The predicted molar refractivity (Wildman–Crippen MR) is 212 cm³/mol. The first-order valence-corrected chi connectivity index (χ1v) is 21.5. The van der Waals surface area contributed by atoms with Crippen molar-refractivity contribution in [2.45, 2.75) is 64.2 Å². The number of benzene rings is 2. The molecular weight excluding hydrogens is 745 g/mol. The van der Waals surface area contributed by atoms with Crippen molar-refractivity contribution in [1.29, 1.82) is 0 Å². The summed E-state index contributed by atoms with van der Waals surface area (Å²) in [5.41, 5.74) is 5.49. The van der Waals surface area contributed by atoms with Crippen LogP contribution in [0.3, 0.4) is 0 Å². The van der Waals surface area contributed by atoms with Gasteiger partial charge >= 0.3 is 0 Å². The largest absolute Gasteiger partial charge is 0.350 e. The van der Waals surface area contributed by atoms with Gasteiger partial charge in [-0.15, -0.1) is 0 Å². The number of fused-ring (bicyclic) bond motifs is 2. The van der Waals surface area contributed by atoms with Crippen molar-refractivity contribution >= 4 is 55.0 Å². The molecule has 0 saturated carbocycles. The molecule has 0 unspecified atom stereocenters. The summed E-state index contributed by atoms with van der Waals surface area (Å²) in [4.78, 5) is 40.1. The Morgan fingerprint density at radius 1 is 0.782 bits per heavy atom. The molecule has 2 aromatic carbocycles. The number of allylic oxidation sites excluding steroid dienone is 6. The van der Waals surface area contributed by atoms with Gasteiger partial charge in [-0.3, -0.25) is 28.4 Å². The van der Waals surface area contributed by atoms with Crippen molar-refractivity contribution < 1.29 is 44.9 Å². The lowest BCUT2D eigenvalue weighted by Crippen LogP contribution is -2.38. The Morgan fingerprint density at radius 3 is 2.11 bits per heavy atom. The number of para-hydroxylation sites is 1. The van der Waals surface area contributed by atoms with Crippen LogP contribution in [0.5, 0.6) is 0 Å². The third kappa shape index (κ3) is 9.76. The zero-order valence-electron chi connectivity index (χ0n) is 31.6. The van der Waals surface area contributed by atoms with Gasteiger partial charge in [0.05, 0.1) is 16.9 Å². The lowest BCUT2D eigenvalue weighted by atomic mass is 9.81. The summed E-state index contributed by atoms with van der Waals surface area (Å²) in [6.45, 7) is 9.59. The molecule has 0 saturated heterocycles. The summed E-state index contributed by atoms with van der Waals surface area (Å²) in [6.07, 6.45) is 13.9. The van der Waals surface area contributed by atoms with Gasteiger partial charge in [-0.05, 0) is 62.9 Å². The second kappa shape index (κ2) is 16.6. The molecule has 5 rings (SSSR count). The third-order valence-corrected chi connectivity index (χ3v) is 11.9. The van der Waals surface area contributed by atoms with Crippen molar-refractivity contribution in [2.24, 2.45) is 0 Å². The Kier molecular flexibility index (Phi) is 12.5. The molecule has 55 heavy (non-hydrogen) atoms. The fourth-order valence-corrected chi connectivity index (χ4v) is 8.58. The maximum atomic E-state index is 13.2. The number of nitrogens with one attached hydrogen (secondary N) is 1. The van der Waals surface area contributed by atoms with Gasteiger partial charge in [-0.25, -0.2) is 0 Å². The van der Waals surface area contributed by atoms with E-state index in [0.717, 1.165) is 38.8 Å². The Hall–Kier alpha value is -4.70. The van der Waals surface area contributed by atoms with Gasteiger partial charge in [0.1, 0.15) is 6.54 Å². The third-order valence-electron chi connectivity index (χ3n) is 10.3. The van der Waals surface area contributed by atoms with Crippen molar-refractivity contribution in [1.82, 2.24) is 10.2 Å². The smallest absolute Gasteiger partial charge is 0.264 e. The van der Waals surface area contributed by atoms with E-state index in [2.05, 4.69) is 46.8 Å². The maximum Gasteiger partial charge on any atom is 0.264 e. The molecule has 0 aromatic heterocycles. The molecule has 294 valence electrons. The summed E-state index contributed by atoms with van der Waals surface area (Å²) in [5, 5.41) is 2.79. The minimum absolute atomic E-state index is 0.0522. The minimum Gasteiger partial charge on any atom is -0.350 e. The summed E-state index contributed by atoms with van der Waals surface area (Å²) < 4.78 is 66.1. The molecule has 3 amide bonds. The van der Waals surface area contributed by atoms with Crippen LogP contribution in [-0.2, 0) is 40.7 Å². The fourth-order valence-electron chi connectivity index (χ4n) is 7.44. The number of hydrogen-bond donors (Lipinski definition) is 3. The monoisotopic (exact) mass is 793 g/mol. The Bertz CT molecular complexity index is 2220. The van der Waals surface area contributed by atoms with Crippen molar-refractivity contribution in [3.05, 3.63) is 107 Å². The first-order chi connectivity index (χ1) is 25.8. The number of hydrogen-bond acceptors (Lipinski definition) is 8. The molecule has 3 N–H and O–H groups in total. The van der Waals surface area contributed by atoms with Crippen LogP contribution in [0.1, 0.15) is 74.9 Å². The molecule has 0 radical (unpaired) electrons. The molecule has 0 fully saturated rings. The fraction of sp³-hybridized carbons (Fsp3) is 0.400. The van der Waals surface area contributed by atoms with Crippen LogP contribution in [-0.4, -0.2) is 96.5 Å². The van der Waals surface area contributed by atoms with Gasteiger partial charge in [0.15, 0.2) is 5.71 Å². The van der Waals surface area contributed by atoms with Crippen LogP contribution in [0.4, 0.5) is 11.4 Å². The van der Waals surface area contributed by atoms with Gasteiger partial charge in [-0.1, -0.05) is 50.3 Å². The molecular formula is C40H49N4O9S2+. The van der Waals surface area contributed by atoms with E-state index in [1.807, 2.05) is 62.4 Å². The quantitative estimate of drug-likeness (QED) is 0.0659. The van der Waals surface area contributed by atoms with Crippen molar-refractivity contribution in [3.63, 3.8) is 0 Å². The Labute approximate surface area is 323 Å². The lowest BCUT2D eigenvalue weighted by Gasteiger charge is -2.27. The van der Waals surface area contributed by atoms with Gasteiger partial charge in [-0.2, -0.15) is 21.4 Å². The van der Waals surface area contributed by atoms with Crippen LogP contribution in [0.2, 0.25) is 0 Å². The van der Waals surface area contributed by atoms with Crippen LogP contribution in [0, 0.1) is 0 Å². The molecule has 3 aliphatic rings. The lowest BCUT2D eigenvalue weighted by molar-refractivity contribution is -0.438. The van der Waals surface area contributed by atoms with Gasteiger partial charge < -0.3 is 10.2 Å². The SMILES string of the molecule is CC1(C)C(/C=C/C=C/C=C2/N(CCCCS(=O)(=O)O)c3ccc(C(=O)NCCN4C(=O)C=CC4=O)cc3C2(C)C)=[N+](CCCCS(=O)(=O)O)c2ccccc21. The molecule has 0 bridgehead atoms. The summed E-state index contributed by atoms with van der Waals surface area (Å²) in [5.74, 6) is -1.82. The topological polar surface area (TPSA) is 181 Å². The predicted octanol–water partition coefficient (Wildman–Crippen LogP) is 4.85. The molecule has 13 nitrogen and oxygen atoms in total. The van der Waals surface area contributed by atoms with E-state index >= 15 is 0 Å². The zero-order chi connectivity index (χ0) is 40.2. The normalized spacial score (nSPS) is 18.4. The Balaban J connectivity index is 1.37. The standard InChI is InChI=1S/C40H48N4O9S2/c1-39(2)30-14-8-9-15-32(30)42(23-10-12-26-54(48,49)50)34(39)16-6-5-7-17-35-40(3,4)31-28-29(38(47)41-22-25-44-36(45)20-21-37(44)46)18-19-33(31)43(35)24-11-13-27-55(51,52)53/h5-9,14-21,28H,10-13,22-27H2,1-4H3,(H2-,41,47,48,49,50,51,52,53)/p+1. The molecule has 0 aliphatic carbocycles. The van der Waals surface area contributed by atoms with Crippen molar-refractivity contribution in [2.75, 3.05) is 42.6 Å². The van der Waals surface area contributed by atoms with E-state index in [1.165, 1.54) is 12.2 Å². The molecule has 2 aromatic rings. The Morgan fingerprint density at radius 2 is 1.44 bits per heavy atom. The highest BCUT2D eigenvalue weighted by Gasteiger charge is 2.44. The molecule has 3 heterocycles. The van der Waals surface area contributed by atoms with E-state index in [9.17, 15) is 40.3 Å². The molecule has 3 aliphatic heterocycles. The van der Waals surface area contributed by atoms with Gasteiger partial charge in [0, 0.05) is 78.3 Å². The number of imide groups is 1. The van der Waals surface area contributed by atoms with E-state index in [1.54, 1.807) is 6.07 Å². The van der Waals surface area contributed by atoms with E-state index in [4.69, 9.17) is 0 Å². The average molecular weight is 794 g/mol. The first-order valence-electron chi connectivity index (χ1n) is 18.3. The highest BCUT2D eigenvalue weighted by Crippen LogP contribution is 2.48. The van der Waals surface area contributed by atoms with Crippen LogP contribution in [0.15, 0.2) is 90.7 Å². The highest BCUT2D eigenvalue weighted by molar-refractivity contribution is 7.86. The number of carbonyl (C=O) groups excluding carboxylic acids is 3. The van der Waals surface area contributed by atoms with Gasteiger partial charge in [0.2, 0.25) is 5.69 Å². The van der Waals surface area contributed by atoms with Crippen LogP contribution < -0.4 is 10.2 Å². The minimum atomic E-state index is -4.10. The summed E-state index contributed by atoms with van der Waals surface area (Å²) in [6, 6.07) is 13.5. The number of rotatable bonds is 17. The number of amides is 3. The van der Waals surface area contributed by atoms with Crippen LogP contribution in [0.25, 0.3) is 0 Å². The molecule has 15 heteroatoms. The number of carbonyl (C=O) groups is 3. The number of anilines is 1.